The van der Waals surface area contributed by atoms with Gasteiger partial charge in [-0.3, -0.25) is 14.3 Å². The van der Waals surface area contributed by atoms with Gasteiger partial charge in [0.1, 0.15) is 6.61 Å². The minimum Gasteiger partial charge on any atom is -0.472 e. The summed E-state index contributed by atoms with van der Waals surface area (Å²) in [4.78, 5) is 14.0. The molecule has 1 heterocycles. The number of ether oxygens (including phenoxy) is 1. The van der Waals surface area contributed by atoms with Gasteiger partial charge in [-0.15, -0.1) is 5.10 Å². The lowest BCUT2D eigenvalue weighted by molar-refractivity contribution is 0.0979. The van der Waals surface area contributed by atoms with Crippen LogP contribution < -0.4 is 9.57 Å². The van der Waals surface area contributed by atoms with Gasteiger partial charge in [0.2, 0.25) is 5.88 Å². The molecule has 0 bridgehead atoms. The first-order valence-corrected chi connectivity index (χ1v) is 6.72. The second-order valence-electron chi connectivity index (χ2n) is 4.65. The molecule has 6 heteroatoms. The molecular formula is C15H16ClN3O2. The van der Waals surface area contributed by atoms with Crippen LogP contribution in [0.5, 0.6) is 5.88 Å². The standard InChI is InChI=1S/C15H16ClN3O2/c1-10(2)11-5-4-6-12(15(20)17-16)13(11)9-21-14-7-8-19(3)18-14/h4-8H,1,9H2,2-3H3,(H,17,20). The van der Waals surface area contributed by atoms with E-state index in [-0.39, 0.29) is 12.5 Å². The van der Waals surface area contributed by atoms with Gasteiger partial charge in [0.25, 0.3) is 5.91 Å². The van der Waals surface area contributed by atoms with Crippen molar-refractivity contribution < 1.29 is 9.53 Å². The van der Waals surface area contributed by atoms with Crippen LogP contribution in [0.4, 0.5) is 0 Å². The summed E-state index contributed by atoms with van der Waals surface area (Å²) in [6.07, 6.45) is 1.78. The number of hydrogen-bond acceptors (Lipinski definition) is 3. The van der Waals surface area contributed by atoms with Crippen molar-refractivity contribution in [3.63, 3.8) is 0 Å². The number of nitrogens with one attached hydrogen (secondary N) is 1. The predicted octanol–water partition coefficient (Wildman–Crippen LogP) is 2.92. The molecule has 0 aliphatic heterocycles. The third-order valence-electron chi connectivity index (χ3n) is 3.02. The van der Waals surface area contributed by atoms with Gasteiger partial charge in [-0.2, -0.15) is 0 Å². The van der Waals surface area contributed by atoms with Crippen molar-refractivity contribution in [2.45, 2.75) is 13.5 Å². The number of benzene rings is 1. The monoisotopic (exact) mass is 305 g/mol. The largest absolute Gasteiger partial charge is 0.472 e. The molecule has 2 aromatic rings. The first kappa shape index (κ1) is 15.1. The number of rotatable bonds is 5. The molecule has 0 saturated heterocycles. The van der Waals surface area contributed by atoms with Crippen molar-refractivity contribution in [1.82, 2.24) is 14.6 Å². The molecule has 21 heavy (non-hydrogen) atoms. The van der Waals surface area contributed by atoms with Gasteiger partial charge in [-0.25, -0.2) is 0 Å². The quantitative estimate of drug-likeness (QED) is 0.864. The van der Waals surface area contributed by atoms with Crippen LogP contribution in [-0.2, 0) is 13.7 Å². The van der Waals surface area contributed by atoms with E-state index in [1.165, 1.54) is 0 Å². The van der Waals surface area contributed by atoms with Crippen LogP contribution in [0.25, 0.3) is 5.57 Å². The van der Waals surface area contributed by atoms with Crippen molar-refractivity contribution in [1.29, 1.82) is 0 Å². The molecule has 1 aromatic carbocycles. The molecule has 0 fully saturated rings. The predicted molar refractivity (Wildman–Crippen MR) is 82.0 cm³/mol. The Morgan fingerprint density at radius 2 is 2.14 bits per heavy atom. The maximum atomic E-state index is 11.9. The summed E-state index contributed by atoms with van der Waals surface area (Å²) in [5.41, 5.74) is 2.90. The van der Waals surface area contributed by atoms with E-state index in [1.807, 2.05) is 13.0 Å². The van der Waals surface area contributed by atoms with E-state index in [4.69, 9.17) is 16.5 Å². The number of nitrogens with zero attached hydrogens (tertiary/aromatic N) is 2. The maximum Gasteiger partial charge on any atom is 0.266 e. The van der Waals surface area contributed by atoms with E-state index in [9.17, 15) is 4.79 Å². The second kappa shape index (κ2) is 6.45. The lowest BCUT2D eigenvalue weighted by atomic mass is 9.97. The summed E-state index contributed by atoms with van der Waals surface area (Å²) in [6.45, 7) is 6.02. The molecule has 1 aromatic heterocycles. The number of aromatic nitrogens is 2. The van der Waals surface area contributed by atoms with Crippen LogP contribution in [0.3, 0.4) is 0 Å². The highest BCUT2D eigenvalue weighted by Gasteiger charge is 2.15. The van der Waals surface area contributed by atoms with Gasteiger partial charge in [0.15, 0.2) is 0 Å². The van der Waals surface area contributed by atoms with Gasteiger partial charge in [-0.05, 0) is 18.6 Å². The summed E-state index contributed by atoms with van der Waals surface area (Å²) < 4.78 is 7.29. The molecule has 1 N–H and O–H groups in total. The van der Waals surface area contributed by atoms with Crippen molar-refractivity contribution in [3.8, 4) is 5.88 Å². The normalized spacial score (nSPS) is 10.2. The van der Waals surface area contributed by atoms with Crippen LogP contribution in [0.15, 0.2) is 37.0 Å². The average Bonchev–Trinajstić information content (AvgIpc) is 2.89. The number of carbonyl (C=O) groups excluding carboxylic acids is 1. The first-order chi connectivity index (χ1) is 10.0. The Kier molecular flexibility index (Phi) is 4.65. The minimum atomic E-state index is -0.376. The first-order valence-electron chi connectivity index (χ1n) is 6.34. The fourth-order valence-corrected chi connectivity index (χ4v) is 2.12. The number of allylic oxidation sites excluding steroid dienone is 1. The number of amides is 1. The van der Waals surface area contributed by atoms with Gasteiger partial charge < -0.3 is 4.74 Å². The highest BCUT2D eigenvalue weighted by Crippen LogP contribution is 2.23. The number of carbonyl (C=O) groups is 1. The Bertz CT molecular complexity index is 679. The molecule has 0 atom stereocenters. The summed E-state index contributed by atoms with van der Waals surface area (Å²) >= 11 is 5.43. The lowest BCUT2D eigenvalue weighted by Crippen LogP contribution is -2.17. The van der Waals surface area contributed by atoms with E-state index in [0.717, 1.165) is 16.7 Å². The topological polar surface area (TPSA) is 56.1 Å². The Morgan fingerprint density at radius 3 is 2.71 bits per heavy atom. The molecule has 0 spiro atoms. The molecule has 0 aliphatic carbocycles. The van der Waals surface area contributed by atoms with Crippen LogP contribution >= 0.6 is 11.8 Å². The molecule has 2 rings (SSSR count). The fraction of sp³-hybridized carbons (Fsp3) is 0.200. The molecule has 0 saturated carbocycles. The minimum absolute atomic E-state index is 0.208. The molecule has 110 valence electrons. The molecule has 0 aliphatic rings. The summed E-state index contributed by atoms with van der Waals surface area (Å²) in [5.74, 6) is 0.116. The van der Waals surface area contributed by atoms with E-state index >= 15 is 0 Å². The number of halogens is 1. The van der Waals surface area contributed by atoms with Crippen LogP contribution in [0.1, 0.15) is 28.4 Å². The maximum absolute atomic E-state index is 11.9. The number of hydrogen-bond donors (Lipinski definition) is 1. The molecule has 1 amide bonds. The smallest absolute Gasteiger partial charge is 0.266 e. The SMILES string of the molecule is C=C(C)c1cccc(C(=O)NCl)c1COc1ccn(C)n1. The molecule has 0 unspecified atom stereocenters. The summed E-state index contributed by atoms with van der Waals surface area (Å²) in [7, 11) is 1.81. The van der Waals surface area contributed by atoms with E-state index in [0.29, 0.717) is 11.4 Å². The zero-order valence-corrected chi connectivity index (χ0v) is 12.6. The third kappa shape index (κ3) is 3.44. The van der Waals surface area contributed by atoms with E-state index in [2.05, 4.69) is 16.5 Å². The summed E-state index contributed by atoms with van der Waals surface area (Å²) in [6, 6.07) is 7.13. The molecule has 5 nitrogen and oxygen atoms in total. The molecule has 0 radical (unpaired) electrons. The Labute approximate surface area is 128 Å². The second-order valence-corrected chi connectivity index (χ2v) is 4.84. The van der Waals surface area contributed by atoms with Crippen LogP contribution in [-0.4, -0.2) is 15.7 Å². The van der Waals surface area contributed by atoms with Gasteiger partial charge in [0, 0.05) is 42.2 Å². The van der Waals surface area contributed by atoms with E-state index < -0.39 is 0 Å². The lowest BCUT2D eigenvalue weighted by Gasteiger charge is -2.13. The van der Waals surface area contributed by atoms with Crippen LogP contribution in [0, 0.1) is 0 Å². The van der Waals surface area contributed by atoms with Gasteiger partial charge in [-0.1, -0.05) is 24.3 Å². The zero-order chi connectivity index (χ0) is 15.4. The molecular weight excluding hydrogens is 290 g/mol. The third-order valence-corrected chi connectivity index (χ3v) is 3.19. The van der Waals surface area contributed by atoms with Gasteiger partial charge in [0.05, 0.1) is 0 Å². The summed E-state index contributed by atoms with van der Waals surface area (Å²) in [5, 5.41) is 4.14. The highest BCUT2D eigenvalue weighted by molar-refractivity contribution is 6.24. The Morgan fingerprint density at radius 1 is 1.43 bits per heavy atom. The Balaban J connectivity index is 2.34. The number of aryl methyl sites for hydroxylation is 1. The fourth-order valence-electron chi connectivity index (χ4n) is 2.02. The van der Waals surface area contributed by atoms with Crippen molar-refractivity contribution in [3.05, 3.63) is 53.7 Å². The van der Waals surface area contributed by atoms with Crippen molar-refractivity contribution in [2.24, 2.45) is 7.05 Å². The van der Waals surface area contributed by atoms with E-state index in [1.54, 1.807) is 36.1 Å². The highest BCUT2D eigenvalue weighted by atomic mass is 35.5. The Hall–Kier alpha value is -2.27. The van der Waals surface area contributed by atoms with Crippen molar-refractivity contribution >= 4 is 23.3 Å². The van der Waals surface area contributed by atoms with Gasteiger partial charge >= 0.3 is 0 Å². The van der Waals surface area contributed by atoms with Crippen LogP contribution in [0.2, 0.25) is 0 Å². The van der Waals surface area contributed by atoms with Crippen molar-refractivity contribution in [2.75, 3.05) is 0 Å². The average molecular weight is 306 g/mol. The zero-order valence-electron chi connectivity index (χ0n) is 11.9.